The van der Waals surface area contributed by atoms with Gasteiger partial charge in [0.15, 0.2) is 0 Å². The van der Waals surface area contributed by atoms with E-state index in [4.69, 9.17) is 23.2 Å². The summed E-state index contributed by atoms with van der Waals surface area (Å²) in [5, 5.41) is 4.63. The van der Waals surface area contributed by atoms with E-state index in [1.165, 1.54) is 4.31 Å². The van der Waals surface area contributed by atoms with Crippen LogP contribution in [0.4, 0.5) is 5.69 Å². The van der Waals surface area contributed by atoms with E-state index in [-0.39, 0.29) is 4.90 Å². The molecule has 0 aromatic heterocycles. The Morgan fingerprint density at radius 1 is 0.857 bits per heavy atom. The van der Waals surface area contributed by atoms with Crippen LogP contribution in [-0.2, 0) is 16.4 Å². The number of nitrogens with zero attached hydrogens (tertiary/aromatic N) is 1. The van der Waals surface area contributed by atoms with E-state index >= 15 is 0 Å². The zero-order chi connectivity index (χ0) is 19.7. The number of anilines is 1. The van der Waals surface area contributed by atoms with Crippen LogP contribution in [0.25, 0.3) is 0 Å². The molecule has 3 aromatic rings. The van der Waals surface area contributed by atoms with Crippen molar-refractivity contribution >= 4 is 38.9 Å². The van der Waals surface area contributed by atoms with E-state index in [0.29, 0.717) is 28.7 Å². The molecule has 1 atom stereocenters. The van der Waals surface area contributed by atoms with Gasteiger partial charge in [0.1, 0.15) is 11.1 Å². The summed E-state index contributed by atoms with van der Waals surface area (Å²) >= 11 is 12.0. The van der Waals surface area contributed by atoms with Crippen molar-refractivity contribution in [1.29, 1.82) is 0 Å². The number of hydrogen-bond acceptors (Lipinski definition) is 3. The Kier molecular flexibility index (Phi) is 5.34. The number of para-hydroxylation sites is 1. The molecule has 0 spiro atoms. The Hall–Kier alpha value is -2.05. The maximum absolute atomic E-state index is 13.4. The predicted molar refractivity (Wildman–Crippen MR) is 113 cm³/mol. The lowest BCUT2D eigenvalue weighted by Gasteiger charge is -2.37. The number of hydrogen-bond donors (Lipinski definition) is 1. The fourth-order valence-corrected chi connectivity index (χ4v) is 5.27. The third-order valence-corrected chi connectivity index (χ3v) is 7.20. The lowest BCUT2D eigenvalue weighted by Crippen LogP contribution is -2.43. The summed E-state index contributed by atoms with van der Waals surface area (Å²) < 4.78 is 28.2. The van der Waals surface area contributed by atoms with Gasteiger partial charge < -0.3 is 5.32 Å². The average Bonchev–Trinajstić information content (AvgIpc) is 2.69. The van der Waals surface area contributed by atoms with Gasteiger partial charge in [-0.3, -0.25) is 0 Å². The Balaban J connectivity index is 1.71. The first kappa shape index (κ1) is 19.3. The number of nitrogens with one attached hydrogen (secondary N) is 1. The molecule has 0 fully saturated rings. The molecule has 1 heterocycles. The number of fused-ring (bicyclic) bond motifs is 1. The van der Waals surface area contributed by atoms with Crippen molar-refractivity contribution < 1.29 is 8.42 Å². The second kappa shape index (κ2) is 7.76. The number of rotatable bonds is 4. The molecule has 3 aromatic carbocycles. The lowest BCUT2D eigenvalue weighted by atomic mass is 10.1. The van der Waals surface area contributed by atoms with Crippen LogP contribution >= 0.6 is 23.2 Å². The minimum absolute atomic E-state index is 0.288. The summed E-state index contributed by atoms with van der Waals surface area (Å²) in [7, 11) is -3.66. The fraction of sp³-hybridized carbons (Fsp3) is 0.143. The Labute approximate surface area is 174 Å². The zero-order valence-electron chi connectivity index (χ0n) is 14.8. The Morgan fingerprint density at radius 2 is 1.46 bits per heavy atom. The summed E-state index contributed by atoms with van der Waals surface area (Å²) in [5.41, 5.74) is 2.46. The molecule has 4 nitrogen and oxygen atoms in total. The van der Waals surface area contributed by atoms with Gasteiger partial charge in [0.05, 0.1) is 5.69 Å². The van der Waals surface area contributed by atoms with Gasteiger partial charge >= 0.3 is 0 Å². The van der Waals surface area contributed by atoms with E-state index in [0.717, 1.165) is 11.1 Å². The van der Waals surface area contributed by atoms with Gasteiger partial charge in [-0.25, -0.2) is 8.42 Å². The standard InChI is InChI=1S/C21H18Cl2N2O2S/c22-17-9-5-15(6-10-17)13-14-25-21(16-7-11-18(23)12-8-16)24-19-3-1-2-4-20(19)28(25,26)27/h1-12,21,24H,13-14H2/t21-/m0/s1. The molecule has 144 valence electrons. The lowest BCUT2D eigenvalue weighted by molar-refractivity contribution is 0.345. The van der Waals surface area contributed by atoms with Crippen LogP contribution in [0.2, 0.25) is 10.0 Å². The van der Waals surface area contributed by atoms with Crippen LogP contribution in [-0.4, -0.2) is 19.3 Å². The highest BCUT2D eigenvalue weighted by atomic mass is 35.5. The second-order valence-electron chi connectivity index (χ2n) is 6.59. The van der Waals surface area contributed by atoms with Crippen LogP contribution in [0.15, 0.2) is 77.7 Å². The normalized spacial score (nSPS) is 18.3. The van der Waals surface area contributed by atoms with Crippen LogP contribution in [0, 0.1) is 0 Å². The van der Waals surface area contributed by atoms with Gasteiger partial charge in [0.2, 0.25) is 10.0 Å². The molecule has 0 amide bonds. The third kappa shape index (κ3) is 3.76. The second-order valence-corrected chi connectivity index (χ2v) is 9.32. The predicted octanol–water partition coefficient (Wildman–Crippen LogP) is 5.35. The zero-order valence-corrected chi connectivity index (χ0v) is 17.2. The van der Waals surface area contributed by atoms with Gasteiger partial charge in [-0.1, -0.05) is 59.6 Å². The van der Waals surface area contributed by atoms with E-state index < -0.39 is 16.2 Å². The summed E-state index contributed by atoms with van der Waals surface area (Å²) in [6.07, 6.45) is 0.0640. The molecule has 1 aliphatic heterocycles. The van der Waals surface area contributed by atoms with E-state index in [1.54, 1.807) is 30.3 Å². The maximum Gasteiger partial charge on any atom is 0.247 e. The van der Waals surface area contributed by atoms with Crippen LogP contribution in [0.1, 0.15) is 17.3 Å². The van der Waals surface area contributed by atoms with E-state index in [9.17, 15) is 8.42 Å². The first-order valence-electron chi connectivity index (χ1n) is 8.82. The average molecular weight is 433 g/mol. The Bertz CT molecular complexity index is 1080. The first-order chi connectivity index (χ1) is 13.4. The fourth-order valence-electron chi connectivity index (χ4n) is 3.33. The van der Waals surface area contributed by atoms with Crippen molar-refractivity contribution in [3.63, 3.8) is 0 Å². The van der Waals surface area contributed by atoms with E-state index in [1.807, 2.05) is 42.5 Å². The van der Waals surface area contributed by atoms with Crippen LogP contribution in [0.5, 0.6) is 0 Å². The minimum atomic E-state index is -3.66. The maximum atomic E-state index is 13.4. The number of benzene rings is 3. The molecule has 0 unspecified atom stereocenters. The first-order valence-corrected chi connectivity index (χ1v) is 11.0. The molecule has 0 saturated heterocycles. The van der Waals surface area contributed by atoms with E-state index in [2.05, 4.69) is 5.32 Å². The Morgan fingerprint density at radius 3 is 2.14 bits per heavy atom. The molecule has 0 aliphatic carbocycles. The number of halogens is 2. The molecule has 1 N–H and O–H groups in total. The molecule has 0 saturated carbocycles. The van der Waals surface area contributed by atoms with Crippen molar-refractivity contribution in [3.05, 3.63) is 94.0 Å². The smallest absolute Gasteiger partial charge is 0.247 e. The molecule has 1 aliphatic rings. The minimum Gasteiger partial charge on any atom is -0.364 e. The van der Waals surface area contributed by atoms with Crippen molar-refractivity contribution in [3.8, 4) is 0 Å². The monoisotopic (exact) mass is 432 g/mol. The molecule has 0 radical (unpaired) electrons. The SMILES string of the molecule is O=S1(=O)c2ccccc2N[C@H](c2ccc(Cl)cc2)N1CCc1ccc(Cl)cc1. The van der Waals surface area contributed by atoms with Gasteiger partial charge in [-0.2, -0.15) is 4.31 Å². The van der Waals surface area contributed by atoms with Crippen molar-refractivity contribution in [1.82, 2.24) is 4.31 Å². The summed E-state index contributed by atoms with van der Waals surface area (Å²) in [6.45, 7) is 0.332. The molecule has 7 heteroatoms. The topological polar surface area (TPSA) is 49.4 Å². The van der Waals surface area contributed by atoms with Crippen LogP contribution in [0.3, 0.4) is 0 Å². The van der Waals surface area contributed by atoms with Crippen molar-refractivity contribution in [2.75, 3.05) is 11.9 Å². The highest BCUT2D eigenvalue weighted by Gasteiger charge is 2.38. The largest absolute Gasteiger partial charge is 0.364 e. The van der Waals surface area contributed by atoms with Gasteiger partial charge in [-0.15, -0.1) is 0 Å². The van der Waals surface area contributed by atoms with Gasteiger partial charge in [0, 0.05) is 16.6 Å². The summed E-state index contributed by atoms with van der Waals surface area (Å²) in [6, 6.07) is 21.6. The highest BCUT2D eigenvalue weighted by molar-refractivity contribution is 7.89. The number of sulfonamides is 1. The third-order valence-electron chi connectivity index (χ3n) is 4.77. The molecule has 28 heavy (non-hydrogen) atoms. The van der Waals surface area contributed by atoms with Crippen LogP contribution < -0.4 is 5.32 Å². The molecular weight excluding hydrogens is 415 g/mol. The quantitative estimate of drug-likeness (QED) is 0.604. The molecule has 4 rings (SSSR count). The molecule has 0 bridgehead atoms. The van der Waals surface area contributed by atoms with Gasteiger partial charge in [0.25, 0.3) is 0 Å². The van der Waals surface area contributed by atoms with Crippen molar-refractivity contribution in [2.24, 2.45) is 0 Å². The van der Waals surface area contributed by atoms with Crippen molar-refractivity contribution in [2.45, 2.75) is 17.5 Å². The summed E-state index contributed by atoms with van der Waals surface area (Å²) in [4.78, 5) is 0.288. The van der Waals surface area contributed by atoms with Gasteiger partial charge in [-0.05, 0) is 53.9 Å². The highest BCUT2D eigenvalue weighted by Crippen LogP contribution is 2.38. The summed E-state index contributed by atoms with van der Waals surface area (Å²) in [5.74, 6) is 0. The molecular formula is C21H18Cl2N2O2S.